The fraction of sp³-hybridized carbons (Fsp3) is 0.800. The number of hydrogen-bond donors (Lipinski definition) is 1. The summed E-state index contributed by atoms with van der Waals surface area (Å²) in [6, 6.07) is 0. The summed E-state index contributed by atoms with van der Waals surface area (Å²) in [5.74, 6) is 0.468. The molecule has 0 amide bonds. The second kappa shape index (κ2) is 6.89. The summed E-state index contributed by atoms with van der Waals surface area (Å²) in [6.07, 6.45) is 8.06. The lowest BCUT2D eigenvalue weighted by Gasteiger charge is -2.21. The van der Waals surface area contributed by atoms with Crippen LogP contribution in [0.3, 0.4) is 0 Å². The summed E-state index contributed by atoms with van der Waals surface area (Å²) >= 11 is 3.62. The van der Waals surface area contributed by atoms with Crippen LogP contribution in [0.2, 0.25) is 0 Å². The third-order valence-electron chi connectivity index (χ3n) is 4.30. The van der Waals surface area contributed by atoms with Crippen molar-refractivity contribution in [1.29, 1.82) is 0 Å². The Morgan fingerprint density at radius 1 is 1.32 bits per heavy atom. The van der Waals surface area contributed by atoms with Crippen LogP contribution in [0.25, 0.3) is 0 Å². The predicted molar refractivity (Wildman–Crippen MR) is 81.2 cm³/mol. The molecular formula is C15H25BrN2O. The number of nitrogens with zero attached hydrogens (tertiary/aromatic N) is 2. The van der Waals surface area contributed by atoms with E-state index in [0.29, 0.717) is 5.92 Å². The van der Waals surface area contributed by atoms with E-state index in [0.717, 1.165) is 28.8 Å². The molecule has 1 N–H and O–H groups in total. The Bertz CT molecular complexity index is 409. The SMILES string of the molecule is CCn1nc(C)c(Br)c1CC(O)C1CCCCCC1. The van der Waals surface area contributed by atoms with Crippen molar-refractivity contribution in [2.75, 3.05) is 0 Å². The fourth-order valence-electron chi connectivity index (χ4n) is 3.12. The molecule has 0 aliphatic heterocycles. The van der Waals surface area contributed by atoms with Crippen LogP contribution in [0.15, 0.2) is 4.47 Å². The summed E-state index contributed by atoms with van der Waals surface area (Å²) in [5, 5.41) is 15.0. The normalized spacial score (nSPS) is 19.4. The van der Waals surface area contributed by atoms with E-state index in [1.807, 2.05) is 11.6 Å². The van der Waals surface area contributed by atoms with Crippen LogP contribution in [-0.2, 0) is 13.0 Å². The van der Waals surface area contributed by atoms with Crippen molar-refractivity contribution in [1.82, 2.24) is 9.78 Å². The van der Waals surface area contributed by atoms with E-state index >= 15 is 0 Å². The fourth-order valence-corrected chi connectivity index (χ4v) is 3.57. The molecule has 2 rings (SSSR count). The van der Waals surface area contributed by atoms with E-state index in [9.17, 15) is 5.11 Å². The molecule has 108 valence electrons. The number of aliphatic hydroxyl groups excluding tert-OH is 1. The number of aryl methyl sites for hydroxylation is 2. The molecule has 1 aromatic rings. The highest BCUT2D eigenvalue weighted by molar-refractivity contribution is 9.10. The van der Waals surface area contributed by atoms with E-state index in [2.05, 4.69) is 28.0 Å². The molecule has 0 spiro atoms. The van der Waals surface area contributed by atoms with Gasteiger partial charge in [0.1, 0.15) is 0 Å². The molecule has 19 heavy (non-hydrogen) atoms. The second-order valence-electron chi connectivity index (χ2n) is 5.68. The van der Waals surface area contributed by atoms with Gasteiger partial charge in [-0.3, -0.25) is 4.68 Å². The Balaban J connectivity index is 2.07. The lowest BCUT2D eigenvalue weighted by atomic mass is 9.91. The lowest BCUT2D eigenvalue weighted by molar-refractivity contribution is 0.0964. The molecule has 1 atom stereocenters. The van der Waals surface area contributed by atoms with Crippen molar-refractivity contribution < 1.29 is 5.11 Å². The van der Waals surface area contributed by atoms with Crippen LogP contribution in [0.1, 0.15) is 56.8 Å². The third kappa shape index (κ3) is 3.60. The van der Waals surface area contributed by atoms with Crippen LogP contribution < -0.4 is 0 Å². The number of rotatable bonds is 4. The Kier molecular flexibility index (Phi) is 5.46. The molecule has 1 aliphatic rings. The first kappa shape index (κ1) is 15.0. The molecule has 1 aromatic heterocycles. The van der Waals surface area contributed by atoms with Gasteiger partial charge >= 0.3 is 0 Å². The van der Waals surface area contributed by atoms with Gasteiger partial charge in [-0.25, -0.2) is 0 Å². The van der Waals surface area contributed by atoms with Gasteiger partial charge in [-0.1, -0.05) is 25.7 Å². The Labute approximate surface area is 124 Å². The number of aliphatic hydroxyl groups is 1. The predicted octanol–water partition coefficient (Wildman–Crippen LogP) is 3.85. The average molecular weight is 329 g/mol. The minimum Gasteiger partial charge on any atom is -0.392 e. The highest BCUT2D eigenvalue weighted by atomic mass is 79.9. The monoisotopic (exact) mass is 328 g/mol. The first-order valence-electron chi connectivity index (χ1n) is 7.53. The highest BCUT2D eigenvalue weighted by Gasteiger charge is 2.24. The van der Waals surface area contributed by atoms with Crippen molar-refractivity contribution in [3.8, 4) is 0 Å². The minimum absolute atomic E-state index is 0.226. The zero-order valence-electron chi connectivity index (χ0n) is 12.0. The molecule has 1 fully saturated rings. The van der Waals surface area contributed by atoms with Crippen LogP contribution in [-0.4, -0.2) is 21.0 Å². The van der Waals surface area contributed by atoms with Crippen molar-refractivity contribution in [2.45, 2.75) is 71.4 Å². The molecule has 0 saturated heterocycles. The van der Waals surface area contributed by atoms with Gasteiger partial charge in [-0.05, 0) is 48.5 Å². The van der Waals surface area contributed by atoms with Gasteiger partial charge in [0, 0.05) is 13.0 Å². The summed E-state index contributed by atoms with van der Waals surface area (Å²) < 4.78 is 3.08. The summed E-state index contributed by atoms with van der Waals surface area (Å²) in [7, 11) is 0. The van der Waals surface area contributed by atoms with Gasteiger partial charge in [0.2, 0.25) is 0 Å². The van der Waals surface area contributed by atoms with Crippen molar-refractivity contribution in [3.05, 3.63) is 15.9 Å². The lowest BCUT2D eigenvalue weighted by Crippen LogP contribution is -2.24. The molecule has 0 radical (unpaired) electrons. The summed E-state index contributed by atoms with van der Waals surface area (Å²) in [4.78, 5) is 0. The minimum atomic E-state index is -0.226. The van der Waals surface area contributed by atoms with Crippen LogP contribution in [0.5, 0.6) is 0 Å². The van der Waals surface area contributed by atoms with Gasteiger partial charge in [0.05, 0.1) is 22.0 Å². The van der Waals surface area contributed by atoms with Crippen molar-refractivity contribution in [2.24, 2.45) is 5.92 Å². The molecular weight excluding hydrogens is 304 g/mol. The van der Waals surface area contributed by atoms with E-state index in [1.165, 1.54) is 38.5 Å². The maximum Gasteiger partial charge on any atom is 0.0738 e. The Morgan fingerprint density at radius 3 is 2.53 bits per heavy atom. The van der Waals surface area contributed by atoms with Gasteiger partial charge in [0.15, 0.2) is 0 Å². The summed E-state index contributed by atoms with van der Waals surface area (Å²) in [5.41, 5.74) is 2.17. The zero-order valence-corrected chi connectivity index (χ0v) is 13.6. The first-order valence-corrected chi connectivity index (χ1v) is 8.32. The third-order valence-corrected chi connectivity index (χ3v) is 5.33. The molecule has 3 nitrogen and oxygen atoms in total. The number of aromatic nitrogens is 2. The Hall–Kier alpha value is -0.350. The van der Waals surface area contributed by atoms with E-state index in [-0.39, 0.29) is 6.10 Å². The van der Waals surface area contributed by atoms with E-state index < -0.39 is 0 Å². The second-order valence-corrected chi connectivity index (χ2v) is 6.48. The average Bonchev–Trinajstić information content (AvgIpc) is 2.65. The topological polar surface area (TPSA) is 38.0 Å². The van der Waals surface area contributed by atoms with Crippen LogP contribution in [0.4, 0.5) is 0 Å². The molecule has 0 bridgehead atoms. The van der Waals surface area contributed by atoms with Crippen LogP contribution in [0, 0.1) is 12.8 Å². The molecule has 1 saturated carbocycles. The Morgan fingerprint density at radius 2 is 1.95 bits per heavy atom. The number of halogens is 1. The van der Waals surface area contributed by atoms with E-state index in [4.69, 9.17) is 0 Å². The number of hydrogen-bond acceptors (Lipinski definition) is 2. The van der Waals surface area contributed by atoms with E-state index in [1.54, 1.807) is 0 Å². The first-order chi connectivity index (χ1) is 9.13. The zero-order chi connectivity index (χ0) is 13.8. The van der Waals surface area contributed by atoms with Crippen LogP contribution >= 0.6 is 15.9 Å². The largest absolute Gasteiger partial charge is 0.392 e. The molecule has 1 heterocycles. The highest BCUT2D eigenvalue weighted by Crippen LogP contribution is 2.29. The summed E-state index contributed by atoms with van der Waals surface area (Å²) in [6.45, 7) is 4.97. The van der Waals surface area contributed by atoms with Crippen molar-refractivity contribution >= 4 is 15.9 Å². The van der Waals surface area contributed by atoms with Gasteiger partial charge in [0.25, 0.3) is 0 Å². The molecule has 0 aromatic carbocycles. The van der Waals surface area contributed by atoms with Crippen molar-refractivity contribution in [3.63, 3.8) is 0 Å². The quantitative estimate of drug-likeness (QED) is 0.852. The standard InChI is InChI=1S/C15H25BrN2O/c1-3-18-13(15(16)11(2)17-18)10-14(19)12-8-6-4-5-7-9-12/h12,14,19H,3-10H2,1-2H3. The smallest absolute Gasteiger partial charge is 0.0738 e. The molecule has 1 aliphatic carbocycles. The molecule has 4 heteroatoms. The maximum atomic E-state index is 10.5. The molecule has 1 unspecified atom stereocenters. The van der Waals surface area contributed by atoms with Gasteiger partial charge < -0.3 is 5.11 Å². The van der Waals surface area contributed by atoms with Gasteiger partial charge in [-0.2, -0.15) is 5.10 Å². The van der Waals surface area contributed by atoms with Gasteiger partial charge in [-0.15, -0.1) is 0 Å². The maximum absolute atomic E-state index is 10.5.